The zero-order valence-electron chi connectivity index (χ0n) is 8.95. The molecule has 17 heavy (non-hydrogen) atoms. The minimum absolute atomic E-state index is 0.682. The van der Waals surface area contributed by atoms with Crippen LogP contribution in [0.25, 0.3) is 15.8 Å². The Hall–Kier alpha value is -1.49. The van der Waals surface area contributed by atoms with E-state index in [1.807, 2.05) is 24.3 Å². The molecule has 86 valence electrons. The summed E-state index contributed by atoms with van der Waals surface area (Å²) in [5.41, 5.74) is 1.60. The van der Waals surface area contributed by atoms with Crippen molar-refractivity contribution in [2.24, 2.45) is 0 Å². The molecule has 0 radical (unpaired) electrons. The molecule has 1 aromatic carbocycles. The van der Waals surface area contributed by atoms with E-state index in [-0.39, 0.29) is 0 Å². The average Bonchev–Trinajstić information content (AvgIpc) is 2.76. The third-order valence-electron chi connectivity index (χ3n) is 2.77. The van der Waals surface area contributed by atoms with Crippen molar-refractivity contribution in [1.82, 2.24) is 4.98 Å². The van der Waals surface area contributed by atoms with Gasteiger partial charge < -0.3 is 10.2 Å². The van der Waals surface area contributed by atoms with Crippen molar-refractivity contribution in [3.8, 4) is 0 Å². The summed E-state index contributed by atoms with van der Waals surface area (Å²) in [4.78, 5) is 4.47. The minimum Gasteiger partial charge on any atom is -0.386 e. The van der Waals surface area contributed by atoms with Crippen LogP contribution in [0.1, 0.15) is 5.01 Å². The van der Waals surface area contributed by atoms with Gasteiger partial charge in [-0.3, -0.25) is 0 Å². The van der Waals surface area contributed by atoms with Crippen molar-refractivity contribution in [3.05, 3.63) is 47.5 Å². The van der Waals surface area contributed by atoms with Crippen molar-refractivity contribution in [1.29, 1.82) is 0 Å². The summed E-state index contributed by atoms with van der Waals surface area (Å²) in [6, 6.07) is 7.84. The number of para-hydroxylation sites is 1. The lowest BCUT2D eigenvalue weighted by Crippen LogP contribution is -2.26. The molecule has 2 aromatic rings. The Kier molecular flexibility index (Phi) is 2.55. The predicted molar refractivity (Wildman–Crippen MR) is 68.8 cm³/mol. The van der Waals surface area contributed by atoms with Crippen LogP contribution in [0.2, 0.25) is 0 Å². The third kappa shape index (κ3) is 1.80. The lowest BCUT2D eigenvalue weighted by atomic mass is 10.00. The van der Waals surface area contributed by atoms with Crippen molar-refractivity contribution < 1.29 is 10.2 Å². The summed E-state index contributed by atoms with van der Waals surface area (Å²) < 4.78 is 1.08. The number of benzene rings is 1. The Labute approximate surface area is 102 Å². The number of aliphatic hydroxyl groups excluding tert-OH is 2. The summed E-state index contributed by atoms with van der Waals surface area (Å²) in [6.07, 6.45) is 3.39. The van der Waals surface area contributed by atoms with E-state index in [0.29, 0.717) is 5.57 Å². The molecular formula is C13H11NO2S. The average molecular weight is 245 g/mol. The van der Waals surface area contributed by atoms with Gasteiger partial charge in [0.2, 0.25) is 0 Å². The number of aromatic nitrogens is 1. The van der Waals surface area contributed by atoms with E-state index in [2.05, 4.69) is 4.98 Å². The smallest absolute Gasteiger partial charge is 0.123 e. The molecule has 1 aliphatic rings. The standard InChI is InChI=1S/C13H11NO2S/c15-10-6-3-4-8(12(10)16)13-14-9-5-1-2-7-11(9)17-13/h1-7,10,12,15-16H. The molecule has 1 heterocycles. The van der Waals surface area contributed by atoms with Gasteiger partial charge in [-0.1, -0.05) is 30.4 Å². The lowest BCUT2D eigenvalue weighted by Gasteiger charge is -2.19. The van der Waals surface area contributed by atoms with E-state index in [1.54, 1.807) is 18.2 Å². The number of allylic oxidation sites excluding steroid dienone is 2. The van der Waals surface area contributed by atoms with Crippen molar-refractivity contribution in [2.75, 3.05) is 0 Å². The summed E-state index contributed by atoms with van der Waals surface area (Å²) in [7, 11) is 0. The maximum Gasteiger partial charge on any atom is 0.123 e. The molecule has 0 saturated carbocycles. The van der Waals surface area contributed by atoms with Gasteiger partial charge in [-0.15, -0.1) is 11.3 Å². The molecule has 2 N–H and O–H groups in total. The van der Waals surface area contributed by atoms with Gasteiger partial charge in [0.25, 0.3) is 0 Å². The molecular weight excluding hydrogens is 234 g/mol. The minimum atomic E-state index is -0.888. The van der Waals surface area contributed by atoms with Crippen LogP contribution in [-0.4, -0.2) is 27.4 Å². The quantitative estimate of drug-likeness (QED) is 0.807. The molecule has 0 aliphatic heterocycles. The van der Waals surface area contributed by atoms with E-state index in [4.69, 9.17) is 0 Å². The Balaban J connectivity index is 2.09. The second kappa shape index (κ2) is 4.07. The Morgan fingerprint density at radius 1 is 1.18 bits per heavy atom. The van der Waals surface area contributed by atoms with Crippen LogP contribution in [0.5, 0.6) is 0 Å². The van der Waals surface area contributed by atoms with Gasteiger partial charge in [0, 0.05) is 5.57 Å². The van der Waals surface area contributed by atoms with Crippen molar-refractivity contribution in [3.63, 3.8) is 0 Å². The van der Waals surface area contributed by atoms with Gasteiger partial charge in [0.05, 0.1) is 10.2 Å². The van der Waals surface area contributed by atoms with Crippen LogP contribution in [0.4, 0.5) is 0 Å². The largest absolute Gasteiger partial charge is 0.386 e. The Bertz CT molecular complexity index is 582. The predicted octanol–water partition coefficient (Wildman–Crippen LogP) is 1.97. The molecule has 2 unspecified atom stereocenters. The van der Waals surface area contributed by atoms with Crippen LogP contribution in [0.15, 0.2) is 42.5 Å². The Morgan fingerprint density at radius 2 is 2.00 bits per heavy atom. The zero-order chi connectivity index (χ0) is 11.8. The molecule has 0 amide bonds. The maximum atomic E-state index is 9.91. The molecule has 0 spiro atoms. The molecule has 1 aromatic heterocycles. The molecule has 2 atom stereocenters. The van der Waals surface area contributed by atoms with Crippen LogP contribution in [0.3, 0.4) is 0 Å². The molecule has 0 bridgehead atoms. The van der Waals surface area contributed by atoms with E-state index < -0.39 is 12.2 Å². The number of nitrogens with zero attached hydrogens (tertiary/aromatic N) is 1. The first kappa shape index (κ1) is 10.7. The monoisotopic (exact) mass is 245 g/mol. The lowest BCUT2D eigenvalue weighted by molar-refractivity contribution is 0.0859. The van der Waals surface area contributed by atoms with Gasteiger partial charge >= 0.3 is 0 Å². The number of fused-ring (bicyclic) bond motifs is 1. The van der Waals surface area contributed by atoms with Crippen LogP contribution >= 0.6 is 11.3 Å². The molecule has 4 heteroatoms. The fraction of sp³-hybridized carbons (Fsp3) is 0.154. The van der Waals surface area contributed by atoms with Crippen LogP contribution < -0.4 is 0 Å². The fourth-order valence-corrected chi connectivity index (χ4v) is 2.88. The van der Waals surface area contributed by atoms with Gasteiger partial charge in [0.15, 0.2) is 0 Å². The first-order valence-electron chi connectivity index (χ1n) is 5.36. The van der Waals surface area contributed by atoms with Gasteiger partial charge in [-0.2, -0.15) is 0 Å². The topological polar surface area (TPSA) is 53.4 Å². The SMILES string of the molecule is OC1C=CC=C(c2nc3ccccc3s2)C1O. The summed E-state index contributed by atoms with van der Waals surface area (Å²) >= 11 is 1.53. The number of hydrogen-bond donors (Lipinski definition) is 2. The Morgan fingerprint density at radius 3 is 2.82 bits per heavy atom. The van der Waals surface area contributed by atoms with E-state index >= 15 is 0 Å². The summed E-state index contributed by atoms with van der Waals surface area (Å²) in [6.45, 7) is 0. The number of hydrogen-bond acceptors (Lipinski definition) is 4. The first-order valence-corrected chi connectivity index (χ1v) is 6.18. The highest BCUT2D eigenvalue weighted by Gasteiger charge is 2.24. The van der Waals surface area contributed by atoms with Crippen molar-refractivity contribution >= 4 is 27.1 Å². The zero-order valence-corrected chi connectivity index (χ0v) is 9.76. The maximum absolute atomic E-state index is 9.91. The van der Waals surface area contributed by atoms with E-state index in [1.165, 1.54) is 11.3 Å². The first-order chi connectivity index (χ1) is 8.25. The number of rotatable bonds is 1. The molecule has 3 nitrogen and oxygen atoms in total. The number of thiazole rings is 1. The van der Waals surface area contributed by atoms with Crippen LogP contribution in [0, 0.1) is 0 Å². The van der Waals surface area contributed by atoms with Gasteiger partial charge in [-0.05, 0) is 12.1 Å². The second-order valence-electron chi connectivity index (χ2n) is 3.93. The number of aliphatic hydroxyl groups is 2. The normalized spacial score (nSPS) is 24.0. The second-order valence-corrected chi connectivity index (χ2v) is 4.96. The van der Waals surface area contributed by atoms with Gasteiger partial charge in [-0.25, -0.2) is 4.98 Å². The highest BCUT2D eigenvalue weighted by atomic mass is 32.1. The molecule has 0 fully saturated rings. The van der Waals surface area contributed by atoms with Gasteiger partial charge in [0.1, 0.15) is 17.2 Å². The summed E-state index contributed by atoms with van der Waals surface area (Å²) in [5, 5.41) is 20.3. The molecule has 0 saturated heterocycles. The van der Waals surface area contributed by atoms with Crippen LogP contribution in [-0.2, 0) is 0 Å². The fourth-order valence-electron chi connectivity index (χ4n) is 1.85. The molecule has 1 aliphatic carbocycles. The third-order valence-corrected chi connectivity index (χ3v) is 3.85. The highest BCUT2D eigenvalue weighted by molar-refractivity contribution is 7.19. The van der Waals surface area contributed by atoms with Crippen molar-refractivity contribution in [2.45, 2.75) is 12.2 Å². The molecule has 3 rings (SSSR count). The summed E-state index contributed by atoms with van der Waals surface area (Å²) in [5.74, 6) is 0. The van der Waals surface area contributed by atoms with E-state index in [0.717, 1.165) is 15.2 Å². The highest BCUT2D eigenvalue weighted by Crippen LogP contribution is 2.31. The van der Waals surface area contributed by atoms with E-state index in [9.17, 15) is 10.2 Å².